The van der Waals surface area contributed by atoms with Crippen LogP contribution in [0.15, 0.2) is 91.1 Å². The Kier molecular flexibility index (Phi) is 7.56. The van der Waals surface area contributed by atoms with Crippen molar-refractivity contribution in [1.29, 1.82) is 0 Å². The second-order valence-corrected chi connectivity index (χ2v) is 7.86. The minimum Gasteiger partial charge on any atom is -0.496 e. The summed E-state index contributed by atoms with van der Waals surface area (Å²) in [6, 6.07) is 26.0. The van der Waals surface area contributed by atoms with Gasteiger partial charge < -0.3 is 9.47 Å². The van der Waals surface area contributed by atoms with E-state index in [1.807, 2.05) is 67.6 Å². The number of allylic oxidation sites excluding steroid dienone is 1. The molecular weight excluding hydrogens is 424 g/mol. The molecule has 0 spiro atoms. The van der Waals surface area contributed by atoms with Crippen LogP contribution in [0.2, 0.25) is 0 Å². The first-order valence-electron chi connectivity index (χ1n) is 11.3. The van der Waals surface area contributed by atoms with Gasteiger partial charge in [-0.25, -0.2) is 0 Å². The SMILES string of the molecule is CCn1nccc1C(=O)/C=C/c1ccc(OC)c(COc2ccccc2Cc2ccccc2)c1. The molecule has 0 amide bonds. The number of hydrogen-bond acceptors (Lipinski definition) is 4. The number of carbonyl (C=O) groups excluding carboxylic acids is 1. The summed E-state index contributed by atoms with van der Waals surface area (Å²) >= 11 is 0. The Morgan fingerprint density at radius 3 is 2.53 bits per heavy atom. The molecule has 0 atom stereocenters. The molecule has 5 nitrogen and oxygen atoms in total. The highest BCUT2D eigenvalue weighted by molar-refractivity contribution is 6.05. The summed E-state index contributed by atoms with van der Waals surface area (Å²) < 4.78 is 13.5. The minimum absolute atomic E-state index is 0.0807. The monoisotopic (exact) mass is 452 g/mol. The Morgan fingerprint density at radius 2 is 1.74 bits per heavy atom. The molecule has 0 N–H and O–H groups in total. The Labute approximate surface area is 200 Å². The fourth-order valence-corrected chi connectivity index (χ4v) is 3.83. The van der Waals surface area contributed by atoms with E-state index in [1.54, 1.807) is 30.1 Å². The number of methoxy groups -OCH3 is 1. The molecule has 0 radical (unpaired) electrons. The van der Waals surface area contributed by atoms with Crippen LogP contribution in [0.4, 0.5) is 0 Å². The zero-order valence-electron chi connectivity index (χ0n) is 19.5. The summed E-state index contributed by atoms with van der Waals surface area (Å²) in [7, 11) is 1.65. The summed E-state index contributed by atoms with van der Waals surface area (Å²) in [5.74, 6) is 1.51. The predicted octanol–water partition coefficient (Wildman–Crippen LogP) is 5.98. The summed E-state index contributed by atoms with van der Waals surface area (Å²) in [4.78, 5) is 12.6. The van der Waals surface area contributed by atoms with Crippen LogP contribution in [-0.4, -0.2) is 22.7 Å². The maximum atomic E-state index is 12.6. The number of aryl methyl sites for hydroxylation is 1. The van der Waals surface area contributed by atoms with Crippen LogP contribution in [0.1, 0.15) is 39.7 Å². The number of benzene rings is 3. The maximum Gasteiger partial charge on any atom is 0.203 e. The fourth-order valence-electron chi connectivity index (χ4n) is 3.83. The molecule has 3 aromatic carbocycles. The summed E-state index contributed by atoms with van der Waals surface area (Å²) in [6.07, 6.45) is 5.82. The van der Waals surface area contributed by atoms with E-state index in [1.165, 1.54) is 5.56 Å². The molecule has 0 aliphatic heterocycles. The smallest absolute Gasteiger partial charge is 0.203 e. The van der Waals surface area contributed by atoms with E-state index in [0.717, 1.165) is 34.6 Å². The van der Waals surface area contributed by atoms with Gasteiger partial charge in [-0.2, -0.15) is 5.10 Å². The van der Waals surface area contributed by atoms with Gasteiger partial charge in [-0.3, -0.25) is 9.48 Å². The first-order chi connectivity index (χ1) is 16.7. The Morgan fingerprint density at radius 1 is 0.941 bits per heavy atom. The largest absolute Gasteiger partial charge is 0.496 e. The van der Waals surface area contributed by atoms with Gasteiger partial charge in [0.15, 0.2) is 0 Å². The molecular formula is C29H28N2O3. The molecule has 0 saturated carbocycles. The van der Waals surface area contributed by atoms with Crippen molar-refractivity contribution < 1.29 is 14.3 Å². The van der Waals surface area contributed by atoms with Crippen molar-refractivity contribution in [2.24, 2.45) is 0 Å². The van der Waals surface area contributed by atoms with Crippen molar-refractivity contribution in [2.75, 3.05) is 7.11 Å². The second-order valence-electron chi connectivity index (χ2n) is 7.86. The number of aromatic nitrogens is 2. The van der Waals surface area contributed by atoms with Gasteiger partial charge in [0.2, 0.25) is 5.78 Å². The van der Waals surface area contributed by atoms with Gasteiger partial charge in [-0.05, 0) is 54.0 Å². The highest BCUT2D eigenvalue weighted by Crippen LogP contribution is 2.26. The van der Waals surface area contributed by atoms with Crippen LogP contribution in [0.3, 0.4) is 0 Å². The van der Waals surface area contributed by atoms with Gasteiger partial charge in [-0.1, -0.05) is 60.7 Å². The van der Waals surface area contributed by atoms with Gasteiger partial charge in [-0.15, -0.1) is 0 Å². The van der Waals surface area contributed by atoms with Crippen molar-refractivity contribution in [1.82, 2.24) is 9.78 Å². The maximum absolute atomic E-state index is 12.6. The third-order valence-corrected chi connectivity index (χ3v) is 5.59. The van der Waals surface area contributed by atoms with Gasteiger partial charge in [0.25, 0.3) is 0 Å². The van der Waals surface area contributed by atoms with E-state index in [2.05, 4.69) is 23.3 Å². The quantitative estimate of drug-likeness (QED) is 0.219. The van der Waals surface area contributed by atoms with Gasteiger partial charge >= 0.3 is 0 Å². The zero-order valence-corrected chi connectivity index (χ0v) is 19.5. The van der Waals surface area contributed by atoms with Crippen molar-refractivity contribution in [3.8, 4) is 11.5 Å². The predicted molar refractivity (Wildman–Crippen MR) is 134 cm³/mol. The number of rotatable bonds is 10. The highest BCUT2D eigenvalue weighted by atomic mass is 16.5. The molecule has 1 heterocycles. The average Bonchev–Trinajstić information content (AvgIpc) is 3.36. The van der Waals surface area contributed by atoms with Crippen LogP contribution in [0, 0.1) is 0 Å². The average molecular weight is 453 g/mol. The van der Waals surface area contributed by atoms with E-state index in [0.29, 0.717) is 18.8 Å². The lowest BCUT2D eigenvalue weighted by Gasteiger charge is -2.14. The standard InChI is InChI=1S/C29H28N2O3/c1-3-31-26(17-18-30-31)27(32)15-13-23-14-16-28(33-2)25(20-23)21-34-29-12-8-7-11-24(29)19-22-9-5-4-6-10-22/h4-18,20H,3,19,21H2,1-2H3/b15-13+. The second kappa shape index (κ2) is 11.1. The number of carbonyl (C=O) groups is 1. The Bertz CT molecular complexity index is 1280. The van der Waals surface area contributed by atoms with Crippen molar-refractivity contribution in [3.05, 3.63) is 119 Å². The van der Waals surface area contributed by atoms with E-state index < -0.39 is 0 Å². The Hall–Kier alpha value is -4.12. The molecule has 1 aromatic heterocycles. The number of hydrogen-bond donors (Lipinski definition) is 0. The molecule has 0 unspecified atom stereocenters. The molecule has 0 bridgehead atoms. The molecule has 5 heteroatoms. The molecule has 0 aliphatic rings. The first-order valence-corrected chi connectivity index (χ1v) is 11.3. The number of nitrogens with zero attached hydrogens (tertiary/aromatic N) is 2. The molecule has 172 valence electrons. The van der Waals surface area contributed by atoms with Crippen LogP contribution in [0.5, 0.6) is 11.5 Å². The Balaban J connectivity index is 1.50. The van der Waals surface area contributed by atoms with Gasteiger partial charge in [0.1, 0.15) is 23.8 Å². The lowest BCUT2D eigenvalue weighted by atomic mass is 10.0. The molecule has 4 aromatic rings. The van der Waals surface area contributed by atoms with Crippen molar-refractivity contribution >= 4 is 11.9 Å². The topological polar surface area (TPSA) is 53.4 Å². The third kappa shape index (κ3) is 5.62. The van der Waals surface area contributed by atoms with Gasteiger partial charge in [0.05, 0.1) is 7.11 Å². The zero-order chi connectivity index (χ0) is 23.8. The lowest BCUT2D eigenvalue weighted by molar-refractivity contribution is 0.103. The number of ketones is 1. The van der Waals surface area contributed by atoms with Crippen LogP contribution >= 0.6 is 0 Å². The lowest BCUT2D eigenvalue weighted by Crippen LogP contribution is -2.07. The van der Waals surface area contributed by atoms with E-state index in [-0.39, 0.29) is 5.78 Å². The summed E-state index contributed by atoms with van der Waals surface area (Å²) in [5, 5.41) is 4.16. The van der Waals surface area contributed by atoms with E-state index in [4.69, 9.17) is 9.47 Å². The minimum atomic E-state index is -0.0807. The van der Waals surface area contributed by atoms with Crippen molar-refractivity contribution in [3.63, 3.8) is 0 Å². The fraction of sp³-hybridized carbons (Fsp3) is 0.172. The van der Waals surface area contributed by atoms with Crippen LogP contribution in [0.25, 0.3) is 6.08 Å². The van der Waals surface area contributed by atoms with E-state index in [9.17, 15) is 4.79 Å². The molecule has 34 heavy (non-hydrogen) atoms. The molecule has 0 saturated heterocycles. The van der Waals surface area contributed by atoms with E-state index >= 15 is 0 Å². The number of ether oxygens (including phenoxy) is 2. The molecule has 4 rings (SSSR count). The molecule has 0 aliphatic carbocycles. The normalized spacial score (nSPS) is 11.0. The van der Waals surface area contributed by atoms with Gasteiger partial charge in [0, 0.05) is 24.7 Å². The third-order valence-electron chi connectivity index (χ3n) is 5.59. The summed E-state index contributed by atoms with van der Waals surface area (Å²) in [6.45, 7) is 2.96. The first kappa shape index (κ1) is 23.1. The summed E-state index contributed by atoms with van der Waals surface area (Å²) in [5.41, 5.74) is 4.74. The highest BCUT2D eigenvalue weighted by Gasteiger charge is 2.10. The van der Waals surface area contributed by atoms with Crippen molar-refractivity contribution in [2.45, 2.75) is 26.5 Å². The number of para-hydroxylation sites is 1. The van der Waals surface area contributed by atoms with Crippen LogP contribution < -0.4 is 9.47 Å². The molecule has 0 fully saturated rings. The van der Waals surface area contributed by atoms with Crippen LogP contribution in [-0.2, 0) is 19.6 Å².